The van der Waals surface area contributed by atoms with Crippen molar-refractivity contribution in [1.82, 2.24) is 0 Å². The van der Waals surface area contributed by atoms with Gasteiger partial charge in [-0.1, -0.05) is 0 Å². The second-order valence-electron chi connectivity index (χ2n) is 4.39. The summed E-state index contributed by atoms with van der Waals surface area (Å²) in [6.45, 7) is 0.683. The minimum atomic E-state index is -0.370. The van der Waals surface area contributed by atoms with Gasteiger partial charge in [0.1, 0.15) is 0 Å². The van der Waals surface area contributed by atoms with Crippen LogP contribution in [0.4, 0.5) is 11.4 Å². The lowest BCUT2D eigenvalue weighted by Gasteiger charge is -2.39. The highest BCUT2D eigenvalue weighted by Crippen LogP contribution is 2.32. The lowest BCUT2D eigenvalue weighted by Crippen LogP contribution is -2.42. The quantitative estimate of drug-likeness (QED) is 0.497. The number of hydrogen-bond acceptors (Lipinski definition) is 4. The molecule has 0 radical (unpaired) electrons. The van der Waals surface area contributed by atoms with Crippen molar-refractivity contribution in [1.29, 1.82) is 0 Å². The fourth-order valence-corrected chi connectivity index (χ4v) is 2.85. The van der Waals surface area contributed by atoms with E-state index in [0.29, 0.717) is 16.2 Å². The van der Waals surface area contributed by atoms with E-state index in [4.69, 9.17) is 5.11 Å². The molecule has 18 heavy (non-hydrogen) atoms. The van der Waals surface area contributed by atoms with Crippen LogP contribution in [0.2, 0.25) is 0 Å². The number of nitrogens with zero attached hydrogens (tertiary/aromatic N) is 2. The molecule has 0 unspecified atom stereocenters. The van der Waals surface area contributed by atoms with Crippen molar-refractivity contribution in [2.45, 2.75) is 25.3 Å². The second kappa shape index (κ2) is 5.83. The Kier molecular flexibility index (Phi) is 4.39. The van der Waals surface area contributed by atoms with Gasteiger partial charge in [-0.3, -0.25) is 10.1 Å². The molecule has 6 heteroatoms. The van der Waals surface area contributed by atoms with Crippen molar-refractivity contribution >= 4 is 34.0 Å². The fraction of sp³-hybridized carbons (Fsp3) is 0.500. The van der Waals surface area contributed by atoms with Gasteiger partial charge in [0.05, 0.1) is 15.1 Å². The highest BCUT2D eigenvalue weighted by molar-refractivity contribution is 14.1. The Labute approximate surface area is 119 Å². The number of hydrogen-bond donors (Lipinski definition) is 1. The van der Waals surface area contributed by atoms with Crippen LogP contribution in [0.3, 0.4) is 0 Å². The Hall–Kier alpha value is -0.890. The molecule has 1 aromatic rings. The zero-order valence-electron chi connectivity index (χ0n) is 9.88. The molecule has 0 amide bonds. The predicted molar refractivity (Wildman–Crippen MR) is 77.9 cm³/mol. The molecule has 1 fully saturated rings. The van der Waals surface area contributed by atoms with Gasteiger partial charge in [0.2, 0.25) is 0 Å². The molecule has 98 valence electrons. The van der Waals surface area contributed by atoms with Gasteiger partial charge in [-0.2, -0.15) is 0 Å². The summed E-state index contributed by atoms with van der Waals surface area (Å²) >= 11 is 1.99. The zero-order valence-corrected chi connectivity index (χ0v) is 12.0. The van der Waals surface area contributed by atoms with Crippen LogP contribution >= 0.6 is 22.6 Å². The Balaban J connectivity index is 2.24. The van der Waals surface area contributed by atoms with Crippen LogP contribution in [0.1, 0.15) is 19.3 Å². The molecule has 1 aromatic carbocycles. The van der Waals surface area contributed by atoms with E-state index in [-0.39, 0.29) is 17.2 Å². The largest absolute Gasteiger partial charge is 0.395 e. The number of halogens is 1. The second-order valence-corrected chi connectivity index (χ2v) is 5.56. The molecule has 0 heterocycles. The molecular weight excluding hydrogens is 347 g/mol. The molecular formula is C12H15IN2O3. The number of nitro benzene ring substituents is 1. The van der Waals surface area contributed by atoms with Crippen LogP contribution in [-0.4, -0.2) is 29.2 Å². The maximum absolute atomic E-state index is 10.8. The van der Waals surface area contributed by atoms with Gasteiger partial charge < -0.3 is 10.0 Å². The molecule has 0 aliphatic heterocycles. The van der Waals surface area contributed by atoms with E-state index in [9.17, 15) is 10.1 Å². The van der Waals surface area contributed by atoms with Gasteiger partial charge in [-0.25, -0.2) is 0 Å². The Bertz CT molecular complexity index is 449. The average molecular weight is 362 g/mol. The molecule has 1 saturated carbocycles. The summed E-state index contributed by atoms with van der Waals surface area (Å²) in [6.07, 6.45) is 3.48. The smallest absolute Gasteiger partial charge is 0.282 e. The van der Waals surface area contributed by atoms with E-state index in [1.165, 1.54) is 6.42 Å². The SMILES string of the molecule is O=[N+]([O-])c1ccc(N(CCO)C2CCC2)cc1I. The number of rotatable bonds is 5. The van der Waals surface area contributed by atoms with Gasteiger partial charge in [0.25, 0.3) is 5.69 Å². The summed E-state index contributed by atoms with van der Waals surface area (Å²) in [5.74, 6) is 0. The average Bonchev–Trinajstić information content (AvgIpc) is 2.25. The Morgan fingerprint density at radius 2 is 2.22 bits per heavy atom. The van der Waals surface area contributed by atoms with E-state index in [2.05, 4.69) is 4.90 Å². The van der Waals surface area contributed by atoms with Crippen LogP contribution < -0.4 is 4.90 Å². The predicted octanol–water partition coefficient (Wildman–Crippen LogP) is 2.55. The lowest BCUT2D eigenvalue weighted by molar-refractivity contribution is -0.385. The van der Waals surface area contributed by atoms with Crippen molar-refractivity contribution in [2.75, 3.05) is 18.1 Å². The number of aliphatic hydroxyl groups excluding tert-OH is 1. The first-order valence-electron chi connectivity index (χ1n) is 5.95. The van der Waals surface area contributed by atoms with Gasteiger partial charge in [-0.15, -0.1) is 0 Å². The third kappa shape index (κ3) is 2.74. The lowest BCUT2D eigenvalue weighted by atomic mass is 9.91. The molecule has 0 aromatic heterocycles. The van der Waals surface area contributed by atoms with E-state index < -0.39 is 0 Å². The van der Waals surface area contributed by atoms with E-state index in [0.717, 1.165) is 18.5 Å². The first kappa shape index (κ1) is 13.5. The van der Waals surface area contributed by atoms with E-state index in [1.54, 1.807) is 12.1 Å². The molecule has 0 bridgehead atoms. The number of nitro groups is 1. The van der Waals surface area contributed by atoms with Gasteiger partial charge >= 0.3 is 0 Å². The minimum Gasteiger partial charge on any atom is -0.395 e. The molecule has 2 rings (SSSR count). The van der Waals surface area contributed by atoms with Crippen molar-refractivity contribution < 1.29 is 10.0 Å². The standard InChI is InChI=1S/C12H15IN2O3/c13-11-8-10(4-5-12(11)15(17)18)14(6-7-16)9-2-1-3-9/h4-5,8-9,16H,1-3,6-7H2. The van der Waals surface area contributed by atoms with Crippen LogP contribution in [0.15, 0.2) is 18.2 Å². The summed E-state index contributed by atoms with van der Waals surface area (Å²) < 4.78 is 0.636. The first-order chi connectivity index (χ1) is 8.63. The summed E-state index contributed by atoms with van der Waals surface area (Å²) in [5, 5.41) is 19.9. The molecule has 0 atom stereocenters. The van der Waals surface area contributed by atoms with Crippen molar-refractivity contribution in [3.63, 3.8) is 0 Å². The highest BCUT2D eigenvalue weighted by Gasteiger charge is 2.25. The Morgan fingerprint density at radius 3 is 2.67 bits per heavy atom. The normalized spacial score (nSPS) is 15.2. The third-order valence-electron chi connectivity index (χ3n) is 3.32. The van der Waals surface area contributed by atoms with Crippen LogP contribution in [0.5, 0.6) is 0 Å². The topological polar surface area (TPSA) is 66.6 Å². The van der Waals surface area contributed by atoms with Crippen molar-refractivity contribution in [3.8, 4) is 0 Å². The fourth-order valence-electron chi connectivity index (χ4n) is 2.15. The summed E-state index contributed by atoms with van der Waals surface area (Å²) in [7, 11) is 0. The van der Waals surface area contributed by atoms with Crippen molar-refractivity contribution in [2.24, 2.45) is 0 Å². The molecule has 5 nitrogen and oxygen atoms in total. The number of benzene rings is 1. The molecule has 1 aliphatic carbocycles. The molecule has 0 spiro atoms. The first-order valence-corrected chi connectivity index (χ1v) is 7.03. The number of anilines is 1. The summed E-state index contributed by atoms with van der Waals surface area (Å²) in [5.41, 5.74) is 1.10. The summed E-state index contributed by atoms with van der Waals surface area (Å²) in [6, 6.07) is 5.61. The summed E-state index contributed by atoms with van der Waals surface area (Å²) in [4.78, 5) is 12.6. The van der Waals surface area contributed by atoms with Gasteiger partial charge in [0, 0.05) is 24.3 Å². The Morgan fingerprint density at radius 1 is 1.50 bits per heavy atom. The maximum atomic E-state index is 10.8. The van der Waals surface area contributed by atoms with Crippen LogP contribution in [0, 0.1) is 13.7 Å². The molecule has 1 N–H and O–H groups in total. The van der Waals surface area contributed by atoms with Crippen molar-refractivity contribution in [3.05, 3.63) is 31.9 Å². The van der Waals surface area contributed by atoms with E-state index in [1.807, 2.05) is 28.7 Å². The molecule has 1 aliphatic rings. The van der Waals surface area contributed by atoms with Gasteiger partial charge in [-0.05, 0) is 54.0 Å². The maximum Gasteiger partial charge on any atom is 0.282 e. The zero-order chi connectivity index (χ0) is 13.1. The van der Waals surface area contributed by atoms with Crippen LogP contribution in [-0.2, 0) is 0 Å². The molecule has 0 saturated heterocycles. The van der Waals surface area contributed by atoms with E-state index >= 15 is 0 Å². The van der Waals surface area contributed by atoms with Gasteiger partial charge in [0.15, 0.2) is 0 Å². The van der Waals surface area contributed by atoms with Crippen LogP contribution in [0.25, 0.3) is 0 Å². The monoisotopic (exact) mass is 362 g/mol. The highest BCUT2D eigenvalue weighted by atomic mass is 127. The number of aliphatic hydroxyl groups is 1. The minimum absolute atomic E-state index is 0.101. The third-order valence-corrected chi connectivity index (χ3v) is 4.18.